The van der Waals surface area contributed by atoms with Gasteiger partial charge < -0.3 is 20.5 Å². The van der Waals surface area contributed by atoms with Crippen LogP contribution in [0, 0.1) is 0 Å². The summed E-state index contributed by atoms with van der Waals surface area (Å²) in [6.07, 6.45) is 0. The van der Waals surface area contributed by atoms with E-state index in [9.17, 15) is 0 Å². The van der Waals surface area contributed by atoms with Crippen LogP contribution in [0.25, 0.3) is 0 Å². The van der Waals surface area contributed by atoms with Crippen LogP contribution in [0.3, 0.4) is 0 Å². The van der Waals surface area contributed by atoms with Gasteiger partial charge in [-0.05, 0) is 39.8 Å². The summed E-state index contributed by atoms with van der Waals surface area (Å²) in [5, 5.41) is 3.07. The quantitative estimate of drug-likeness (QED) is 0.568. The topological polar surface area (TPSA) is 72.1 Å². The third kappa shape index (κ3) is 5.98. The van der Waals surface area contributed by atoms with E-state index in [-0.39, 0.29) is 0 Å². The van der Waals surface area contributed by atoms with E-state index in [4.69, 9.17) is 15.2 Å². The minimum absolute atomic E-state index is 0.365. The summed E-state index contributed by atoms with van der Waals surface area (Å²) < 4.78 is 10.5. The molecule has 0 unspecified atom stereocenters. The Labute approximate surface area is 139 Å². The number of methoxy groups -OCH3 is 2. The van der Waals surface area contributed by atoms with Gasteiger partial charge in [-0.15, -0.1) is 0 Å². The predicted octanol–water partition coefficient (Wildman–Crippen LogP) is 2.55. The lowest BCUT2D eigenvalue weighted by atomic mass is 10.2. The van der Waals surface area contributed by atoms with Gasteiger partial charge in [-0.25, -0.2) is 0 Å². The summed E-state index contributed by atoms with van der Waals surface area (Å²) in [6, 6.07) is 6.46. The number of nitrogens with two attached hydrogens (primary N) is 1. The summed E-state index contributed by atoms with van der Waals surface area (Å²) >= 11 is 0. The number of ether oxygens (including phenoxy) is 2. The summed E-state index contributed by atoms with van der Waals surface area (Å²) in [4.78, 5) is 6.78. The second-order valence-electron chi connectivity index (χ2n) is 5.88. The fourth-order valence-electron chi connectivity index (χ4n) is 2.49. The zero-order valence-electron chi connectivity index (χ0n) is 15.1. The molecule has 1 aromatic carbocycles. The molecule has 6 heteroatoms. The highest BCUT2D eigenvalue weighted by atomic mass is 16.5. The van der Waals surface area contributed by atoms with Crippen LogP contribution in [0.5, 0.6) is 11.5 Å². The highest BCUT2D eigenvalue weighted by Crippen LogP contribution is 2.28. The van der Waals surface area contributed by atoms with Crippen molar-refractivity contribution in [1.29, 1.82) is 0 Å². The maximum absolute atomic E-state index is 5.98. The fraction of sp³-hybridized carbons (Fsp3) is 0.588. The van der Waals surface area contributed by atoms with Crippen LogP contribution >= 0.6 is 0 Å². The van der Waals surface area contributed by atoms with Gasteiger partial charge >= 0.3 is 0 Å². The molecule has 0 saturated heterocycles. The first kappa shape index (κ1) is 19.1. The molecule has 0 aliphatic heterocycles. The van der Waals surface area contributed by atoms with E-state index in [2.05, 4.69) is 42.9 Å². The van der Waals surface area contributed by atoms with Crippen molar-refractivity contribution in [1.82, 2.24) is 4.90 Å². The third-order valence-corrected chi connectivity index (χ3v) is 3.64. The first-order valence-corrected chi connectivity index (χ1v) is 7.93. The zero-order chi connectivity index (χ0) is 17.4. The first-order chi connectivity index (χ1) is 10.9. The lowest BCUT2D eigenvalue weighted by molar-refractivity contribution is 0.181. The number of hydrogen-bond donors (Lipinski definition) is 2. The average Bonchev–Trinajstić information content (AvgIpc) is 2.50. The number of anilines is 1. The fourth-order valence-corrected chi connectivity index (χ4v) is 2.49. The van der Waals surface area contributed by atoms with E-state index in [0.717, 1.165) is 18.0 Å². The molecular weight excluding hydrogens is 292 g/mol. The Hall–Kier alpha value is -1.95. The van der Waals surface area contributed by atoms with E-state index < -0.39 is 0 Å². The zero-order valence-corrected chi connectivity index (χ0v) is 15.1. The highest BCUT2D eigenvalue weighted by Gasteiger charge is 2.12. The molecule has 130 valence electrons. The second kappa shape index (κ2) is 9.25. The van der Waals surface area contributed by atoms with Gasteiger partial charge in [-0.1, -0.05) is 0 Å². The molecule has 23 heavy (non-hydrogen) atoms. The van der Waals surface area contributed by atoms with Gasteiger partial charge in [0.15, 0.2) is 5.96 Å². The van der Waals surface area contributed by atoms with Gasteiger partial charge in [0, 0.05) is 24.7 Å². The molecular formula is C17H30N4O2. The van der Waals surface area contributed by atoms with Gasteiger partial charge in [0.1, 0.15) is 11.5 Å². The van der Waals surface area contributed by atoms with Crippen molar-refractivity contribution in [3.05, 3.63) is 18.2 Å². The molecule has 0 aromatic heterocycles. The molecule has 0 spiro atoms. The molecule has 0 fully saturated rings. The Balaban J connectivity index is 2.70. The van der Waals surface area contributed by atoms with Gasteiger partial charge in [-0.2, -0.15) is 0 Å². The monoisotopic (exact) mass is 322 g/mol. The third-order valence-electron chi connectivity index (χ3n) is 3.64. The minimum atomic E-state index is 0.365. The van der Waals surface area contributed by atoms with E-state index in [1.807, 2.05) is 18.2 Å². The van der Waals surface area contributed by atoms with Crippen molar-refractivity contribution in [3.63, 3.8) is 0 Å². The SMILES string of the molecule is COc1ccc(OC)c(NC(N)=NCCN(C(C)C)C(C)C)c1. The van der Waals surface area contributed by atoms with Crippen LogP contribution in [0.1, 0.15) is 27.7 Å². The highest BCUT2D eigenvalue weighted by molar-refractivity contribution is 5.94. The number of benzene rings is 1. The van der Waals surface area contributed by atoms with Crippen LogP contribution in [-0.2, 0) is 0 Å². The Kier molecular flexibility index (Phi) is 7.68. The molecule has 0 saturated carbocycles. The molecule has 0 aliphatic rings. The summed E-state index contributed by atoms with van der Waals surface area (Å²) in [7, 11) is 3.24. The smallest absolute Gasteiger partial charge is 0.193 e. The van der Waals surface area contributed by atoms with Crippen LogP contribution in [-0.4, -0.2) is 50.3 Å². The van der Waals surface area contributed by atoms with E-state index in [1.54, 1.807) is 14.2 Å². The maximum atomic E-state index is 5.98. The molecule has 0 bridgehead atoms. The first-order valence-electron chi connectivity index (χ1n) is 7.93. The van der Waals surface area contributed by atoms with E-state index >= 15 is 0 Å². The molecule has 0 radical (unpaired) electrons. The van der Waals surface area contributed by atoms with Gasteiger partial charge in [0.25, 0.3) is 0 Å². The van der Waals surface area contributed by atoms with Crippen molar-refractivity contribution in [2.75, 3.05) is 32.6 Å². The molecule has 0 aliphatic carbocycles. The van der Waals surface area contributed by atoms with Crippen molar-refractivity contribution in [3.8, 4) is 11.5 Å². The maximum Gasteiger partial charge on any atom is 0.193 e. The molecule has 0 heterocycles. The Morgan fingerprint density at radius 3 is 2.35 bits per heavy atom. The lowest BCUT2D eigenvalue weighted by Crippen LogP contribution is -2.39. The minimum Gasteiger partial charge on any atom is -0.497 e. The van der Waals surface area contributed by atoms with Crippen molar-refractivity contribution in [2.45, 2.75) is 39.8 Å². The van der Waals surface area contributed by atoms with Gasteiger partial charge in [0.05, 0.1) is 26.5 Å². The molecule has 0 atom stereocenters. The van der Waals surface area contributed by atoms with Crippen LogP contribution in [0.2, 0.25) is 0 Å². The number of aliphatic imine (C=N–C) groups is 1. The van der Waals surface area contributed by atoms with Crippen LogP contribution < -0.4 is 20.5 Å². The van der Waals surface area contributed by atoms with Crippen molar-refractivity contribution >= 4 is 11.6 Å². The normalized spacial score (nSPS) is 12.1. The standard InChI is InChI=1S/C17H30N4O2/c1-12(2)21(13(3)4)10-9-19-17(18)20-15-11-14(22-5)7-8-16(15)23-6/h7-8,11-13H,9-10H2,1-6H3,(H3,18,19,20). The van der Waals surface area contributed by atoms with E-state index in [0.29, 0.717) is 30.3 Å². The number of nitrogens with zero attached hydrogens (tertiary/aromatic N) is 2. The molecule has 1 aromatic rings. The largest absolute Gasteiger partial charge is 0.497 e. The Morgan fingerprint density at radius 2 is 1.83 bits per heavy atom. The van der Waals surface area contributed by atoms with Crippen LogP contribution in [0.4, 0.5) is 5.69 Å². The van der Waals surface area contributed by atoms with Gasteiger partial charge in [0.2, 0.25) is 0 Å². The average molecular weight is 322 g/mol. The second-order valence-corrected chi connectivity index (χ2v) is 5.88. The molecule has 0 amide bonds. The molecule has 3 N–H and O–H groups in total. The number of rotatable bonds is 8. The van der Waals surface area contributed by atoms with Gasteiger partial charge in [-0.3, -0.25) is 9.89 Å². The lowest BCUT2D eigenvalue weighted by Gasteiger charge is -2.29. The Bertz CT molecular complexity index is 507. The van der Waals surface area contributed by atoms with Crippen LogP contribution in [0.15, 0.2) is 23.2 Å². The Morgan fingerprint density at radius 1 is 1.17 bits per heavy atom. The van der Waals surface area contributed by atoms with Crippen molar-refractivity contribution < 1.29 is 9.47 Å². The summed E-state index contributed by atoms with van der Waals surface area (Å²) in [6.45, 7) is 10.3. The summed E-state index contributed by atoms with van der Waals surface area (Å²) in [5.74, 6) is 1.78. The number of hydrogen-bond acceptors (Lipinski definition) is 4. The predicted molar refractivity (Wildman–Crippen MR) is 96.6 cm³/mol. The van der Waals surface area contributed by atoms with Crippen molar-refractivity contribution in [2.24, 2.45) is 10.7 Å². The number of nitrogens with one attached hydrogen (secondary N) is 1. The molecule has 1 rings (SSSR count). The molecule has 6 nitrogen and oxygen atoms in total. The van der Waals surface area contributed by atoms with E-state index in [1.165, 1.54) is 0 Å². The number of guanidine groups is 1. The summed E-state index contributed by atoms with van der Waals surface area (Å²) in [5.41, 5.74) is 6.72.